The molecule has 3 nitrogen and oxygen atoms in total. The molecule has 6 heteroatoms. The molecule has 0 aliphatic carbocycles. The van der Waals surface area contributed by atoms with Gasteiger partial charge in [-0.15, -0.1) is 11.8 Å². The first-order valence-electron chi connectivity index (χ1n) is 0.748. The Hall–Kier alpha value is 1.30. The molecule has 0 saturated carbocycles. The Morgan fingerprint density at radius 3 is 1.50 bits per heavy atom. The summed E-state index contributed by atoms with van der Waals surface area (Å²) < 4.78 is 0. The van der Waals surface area contributed by atoms with E-state index in [1.807, 2.05) is 0 Å². The minimum absolute atomic E-state index is 0. The van der Waals surface area contributed by atoms with E-state index < -0.39 is 6.72 Å². The molecular formula is HMgO3PS. The Morgan fingerprint density at radius 1 is 1.50 bits per heavy atom. The average Bonchev–Trinajstić information content (AvgIpc) is 0.722. The van der Waals surface area contributed by atoms with Gasteiger partial charge in [0.25, 0.3) is 0 Å². The second-order valence-electron chi connectivity index (χ2n) is 0.469. The van der Waals surface area contributed by atoms with Gasteiger partial charge < -0.3 is 14.7 Å². The minimum Gasteiger partial charge on any atom is -0.812 e. The summed E-state index contributed by atoms with van der Waals surface area (Å²) in [6.07, 6.45) is 0. The first-order chi connectivity index (χ1) is 2.00. The summed E-state index contributed by atoms with van der Waals surface area (Å²) in [5, 5.41) is 0. The van der Waals surface area contributed by atoms with E-state index >= 15 is 0 Å². The van der Waals surface area contributed by atoms with Crippen molar-refractivity contribution >= 4 is 41.6 Å². The van der Waals surface area contributed by atoms with Gasteiger partial charge in [-0.25, -0.2) is 0 Å². The van der Waals surface area contributed by atoms with Crippen molar-refractivity contribution in [1.82, 2.24) is 0 Å². The van der Waals surface area contributed by atoms with Crippen LogP contribution in [0.3, 0.4) is 0 Å². The quantitative estimate of drug-likeness (QED) is 0.296. The maximum Gasteiger partial charge on any atom is 2.00 e. The summed E-state index contributed by atoms with van der Waals surface area (Å²) in [5.74, 6) is 0. The van der Waals surface area contributed by atoms with Crippen LogP contribution >= 0.6 is 6.72 Å². The molecule has 0 aromatic rings. The Kier molecular flexibility index (Phi) is 5.70. The van der Waals surface area contributed by atoms with Crippen LogP contribution in [0.2, 0.25) is 0 Å². The van der Waals surface area contributed by atoms with Crippen LogP contribution in [0.4, 0.5) is 0 Å². The third-order valence-corrected chi connectivity index (χ3v) is 0. The van der Waals surface area contributed by atoms with Gasteiger partial charge in [-0.3, -0.25) is 0 Å². The van der Waals surface area contributed by atoms with E-state index in [9.17, 15) is 0 Å². The molecule has 0 saturated heterocycles. The summed E-state index contributed by atoms with van der Waals surface area (Å²) in [6, 6.07) is 0. The molecule has 0 atom stereocenters. The maximum absolute atomic E-state index is 9.03. The third-order valence-electron chi connectivity index (χ3n) is 0. The molecule has 0 bridgehead atoms. The van der Waals surface area contributed by atoms with Gasteiger partial charge in [0.15, 0.2) is 0 Å². The fourth-order valence-corrected chi connectivity index (χ4v) is 0. The van der Waals surface area contributed by atoms with Crippen molar-refractivity contribution in [1.29, 1.82) is 0 Å². The van der Waals surface area contributed by atoms with Crippen LogP contribution in [0, 0.1) is 0 Å². The van der Waals surface area contributed by atoms with E-state index in [4.69, 9.17) is 14.7 Å². The van der Waals surface area contributed by atoms with Crippen LogP contribution in [-0.4, -0.2) is 27.9 Å². The zero-order valence-electron chi connectivity index (χ0n) is 2.83. The molecule has 0 radical (unpaired) electrons. The summed E-state index contributed by atoms with van der Waals surface area (Å²) in [4.78, 5) is 25.4. The van der Waals surface area contributed by atoms with Crippen molar-refractivity contribution in [3.05, 3.63) is 0 Å². The topological polar surface area (TPSA) is 66.3 Å². The monoisotopic (exact) mass is 136 g/mol. The zero-order valence-corrected chi connectivity index (χ0v) is 5.95. The van der Waals surface area contributed by atoms with Crippen LogP contribution in [0.15, 0.2) is 0 Å². The van der Waals surface area contributed by atoms with Crippen molar-refractivity contribution in [3.63, 3.8) is 0 Å². The average molecular weight is 136 g/mol. The standard InChI is InChI=1S/Mg.H3O3PS/c;1-4(2,3)5/h;(H3,1,2,3,5)/q+2;/p-2. The fourth-order valence-electron chi connectivity index (χ4n) is 0. The molecule has 0 amide bonds. The molecule has 1 N–H and O–H groups in total. The maximum atomic E-state index is 9.03. The molecule has 0 unspecified atom stereocenters. The van der Waals surface area contributed by atoms with Gasteiger partial charge in [-0.05, 0) is 0 Å². The van der Waals surface area contributed by atoms with E-state index in [0.717, 1.165) is 0 Å². The number of rotatable bonds is 0. The normalized spacial score (nSPS) is 9.83. The van der Waals surface area contributed by atoms with Gasteiger partial charge in [0.05, 0.1) is 0 Å². The fraction of sp³-hybridized carbons (Fsp3) is 0. The summed E-state index contributed by atoms with van der Waals surface area (Å²) in [5.41, 5.74) is 0. The summed E-state index contributed by atoms with van der Waals surface area (Å²) in [6.45, 7) is -4.31. The Balaban J connectivity index is 0. The second kappa shape index (κ2) is 3.32. The van der Waals surface area contributed by atoms with Crippen LogP contribution in [0.25, 0.3) is 0 Å². The van der Waals surface area contributed by atoms with E-state index in [0.29, 0.717) is 0 Å². The Bertz CT molecular complexity index is 56.9. The molecule has 0 aromatic carbocycles. The molecule has 32 valence electrons. The smallest absolute Gasteiger partial charge is 0.812 e. The molecule has 0 aliphatic heterocycles. The van der Waals surface area contributed by atoms with Gasteiger partial charge in [0, 0.05) is 0 Å². The largest absolute Gasteiger partial charge is 2.00 e. The van der Waals surface area contributed by atoms with Crippen LogP contribution in [-0.2, 0) is 11.8 Å². The molecule has 0 aromatic heterocycles. The van der Waals surface area contributed by atoms with E-state index in [2.05, 4.69) is 11.8 Å². The molecule has 0 spiro atoms. The molecule has 0 fully saturated rings. The molecular weight excluding hydrogens is 135 g/mol. The van der Waals surface area contributed by atoms with Gasteiger partial charge >= 0.3 is 23.1 Å². The van der Waals surface area contributed by atoms with Crippen molar-refractivity contribution in [2.45, 2.75) is 0 Å². The minimum atomic E-state index is -4.31. The van der Waals surface area contributed by atoms with Crippen molar-refractivity contribution in [2.24, 2.45) is 0 Å². The molecule has 0 rings (SSSR count). The number of hydrogen-bond acceptors (Lipinski definition) is 3. The van der Waals surface area contributed by atoms with Crippen LogP contribution < -0.4 is 9.79 Å². The second-order valence-corrected chi connectivity index (χ2v) is 2.79. The Morgan fingerprint density at radius 2 is 1.50 bits per heavy atom. The SMILES string of the molecule is [Mg+2].[O-]P([O-])(O)=S. The van der Waals surface area contributed by atoms with E-state index in [1.165, 1.54) is 0 Å². The predicted molar refractivity (Wildman–Crippen MR) is 22.3 cm³/mol. The van der Waals surface area contributed by atoms with Gasteiger partial charge in [0.2, 0.25) is 0 Å². The van der Waals surface area contributed by atoms with Crippen molar-refractivity contribution in [2.75, 3.05) is 0 Å². The summed E-state index contributed by atoms with van der Waals surface area (Å²) in [7, 11) is 0. The van der Waals surface area contributed by atoms with Gasteiger partial charge in [-0.1, -0.05) is 6.72 Å². The molecule has 0 heterocycles. The first kappa shape index (κ1) is 10.3. The summed E-state index contributed by atoms with van der Waals surface area (Å²) >= 11 is 3.38. The van der Waals surface area contributed by atoms with Gasteiger partial charge in [0.1, 0.15) is 0 Å². The van der Waals surface area contributed by atoms with Crippen molar-refractivity contribution < 1.29 is 14.7 Å². The molecule has 6 heavy (non-hydrogen) atoms. The van der Waals surface area contributed by atoms with Crippen molar-refractivity contribution in [3.8, 4) is 0 Å². The zero-order chi connectivity index (χ0) is 4.50. The van der Waals surface area contributed by atoms with E-state index in [-0.39, 0.29) is 23.1 Å². The predicted octanol–water partition coefficient (Wildman–Crippen LogP) is -2.46. The van der Waals surface area contributed by atoms with Crippen LogP contribution in [0.5, 0.6) is 0 Å². The van der Waals surface area contributed by atoms with E-state index in [1.54, 1.807) is 0 Å². The Labute approximate surface area is 56.4 Å². The van der Waals surface area contributed by atoms with Gasteiger partial charge in [-0.2, -0.15) is 0 Å². The number of hydrogen-bond donors (Lipinski definition) is 1. The first-order valence-corrected chi connectivity index (χ1v) is 3.34. The third kappa shape index (κ3) is 58.2. The van der Waals surface area contributed by atoms with Crippen LogP contribution in [0.1, 0.15) is 0 Å². The molecule has 0 aliphatic rings.